The van der Waals surface area contributed by atoms with Gasteiger partial charge in [-0.05, 0) is 30.2 Å². The van der Waals surface area contributed by atoms with Gasteiger partial charge in [0.15, 0.2) is 0 Å². The first-order valence-corrected chi connectivity index (χ1v) is 6.13. The van der Waals surface area contributed by atoms with Gasteiger partial charge in [0, 0.05) is 29.9 Å². The molecule has 1 atom stereocenters. The molecule has 1 aromatic rings. The molecule has 0 radical (unpaired) electrons. The molecule has 1 aliphatic heterocycles. The summed E-state index contributed by atoms with van der Waals surface area (Å²) in [5.74, 6) is -0.0859. The molecule has 2 nitrogen and oxygen atoms in total. The van der Waals surface area contributed by atoms with Gasteiger partial charge in [0.2, 0.25) is 0 Å². The maximum atomic E-state index is 13.5. The zero-order valence-electron chi connectivity index (χ0n) is 8.80. The minimum absolute atomic E-state index is 0.0856. The molecule has 2 rings (SSSR count). The summed E-state index contributed by atoms with van der Waals surface area (Å²) < 4.78 is 14.3. The van der Waals surface area contributed by atoms with Crippen molar-refractivity contribution in [3.8, 4) is 0 Å². The number of rotatable bonds is 2. The van der Waals surface area contributed by atoms with E-state index < -0.39 is 0 Å². The highest BCUT2D eigenvalue weighted by atomic mass is 79.9. The molecular formula is C12H13BrFNO. The molecule has 16 heavy (non-hydrogen) atoms. The Morgan fingerprint density at radius 3 is 3.06 bits per heavy atom. The fourth-order valence-corrected chi connectivity index (χ4v) is 2.37. The van der Waals surface area contributed by atoms with Gasteiger partial charge in [0.1, 0.15) is 11.6 Å². The Hall–Kier alpha value is -0.740. The van der Waals surface area contributed by atoms with Crippen LogP contribution in [0.25, 0.3) is 0 Å². The molecule has 1 heterocycles. The van der Waals surface area contributed by atoms with Crippen molar-refractivity contribution in [2.45, 2.75) is 12.8 Å². The molecule has 1 aliphatic rings. The van der Waals surface area contributed by atoms with Gasteiger partial charge in [0.25, 0.3) is 0 Å². The molecule has 1 unspecified atom stereocenters. The van der Waals surface area contributed by atoms with E-state index >= 15 is 0 Å². The monoisotopic (exact) mass is 285 g/mol. The van der Waals surface area contributed by atoms with Gasteiger partial charge in [-0.3, -0.25) is 4.79 Å². The van der Waals surface area contributed by atoms with E-state index in [0.29, 0.717) is 24.9 Å². The van der Waals surface area contributed by atoms with Crippen LogP contribution in [0.5, 0.6) is 0 Å². The van der Waals surface area contributed by atoms with Crippen LogP contribution in [0, 0.1) is 11.7 Å². The van der Waals surface area contributed by atoms with Crippen LogP contribution in [-0.2, 0) is 11.2 Å². The van der Waals surface area contributed by atoms with E-state index in [-0.39, 0.29) is 17.5 Å². The maximum absolute atomic E-state index is 13.5. The Kier molecular flexibility index (Phi) is 3.71. The first kappa shape index (κ1) is 11.7. The topological polar surface area (TPSA) is 29.1 Å². The zero-order valence-corrected chi connectivity index (χ0v) is 10.4. The number of piperidine rings is 1. The van der Waals surface area contributed by atoms with E-state index in [0.717, 1.165) is 11.0 Å². The fourth-order valence-electron chi connectivity index (χ4n) is 1.96. The highest BCUT2D eigenvalue weighted by molar-refractivity contribution is 9.10. The number of hydrogen-bond acceptors (Lipinski definition) is 2. The standard InChI is InChI=1S/C12H13BrFNO/c13-10-1-2-11(14)8(6-10)5-9-7-15-4-3-12(9)16/h1-2,6,9,15H,3-5,7H2. The van der Waals surface area contributed by atoms with Crippen molar-refractivity contribution in [3.05, 3.63) is 34.1 Å². The number of ketones is 1. The largest absolute Gasteiger partial charge is 0.316 e. The van der Waals surface area contributed by atoms with Crippen molar-refractivity contribution in [2.24, 2.45) is 5.92 Å². The second-order valence-corrected chi connectivity index (χ2v) is 4.97. The van der Waals surface area contributed by atoms with Gasteiger partial charge < -0.3 is 5.32 Å². The molecule has 0 saturated carbocycles. The van der Waals surface area contributed by atoms with E-state index in [1.165, 1.54) is 6.07 Å². The normalized spacial score (nSPS) is 21.1. The van der Waals surface area contributed by atoms with E-state index in [2.05, 4.69) is 21.2 Å². The van der Waals surface area contributed by atoms with Crippen LogP contribution in [0.4, 0.5) is 4.39 Å². The molecule has 0 spiro atoms. The smallest absolute Gasteiger partial charge is 0.138 e. The number of nitrogens with one attached hydrogen (secondary N) is 1. The quantitative estimate of drug-likeness (QED) is 0.904. The van der Waals surface area contributed by atoms with Gasteiger partial charge in [-0.1, -0.05) is 15.9 Å². The van der Waals surface area contributed by atoms with Gasteiger partial charge in [-0.2, -0.15) is 0 Å². The lowest BCUT2D eigenvalue weighted by Gasteiger charge is -2.21. The summed E-state index contributed by atoms with van der Waals surface area (Å²) in [5, 5.41) is 3.16. The van der Waals surface area contributed by atoms with E-state index in [1.807, 2.05) is 0 Å². The average molecular weight is 286 g/mol. The van der Waals surface area contributed by atoms with Crippen LogP contribution in [0.2, 0.25) is 0 Å². The molecule has 0 aliphatic carbocycles. The van der Waals surface area contributed by atoms with Crippen molar-refractivity contribution < 1.29 is 9.18 Å². The number of halogens is 2. The summed E-state index contributed by atoms with van der Waals surface area (Å²) in [6.07, 6.45) is 1.04. The van der Waals surface area contributed by atoms with Gasteiger partial charge in [-0.25, -0.2) is 4.39 Å². The summed E-state index contributed by atoms with van der Waals surface area (Å²) >= 11 is 3.31. The summed E-state index contributed by atoms with van der Waals surface area (Å²) in [6, 6.07) is 4.84. The van der Waals surface area contributed by atoms with Crippen LogP contribution in [0.15, 0.2) is 22.7 Å². The summed E-state index contributed by atoms with van der Waals surface area (Å²) in [4.78, 5) is 11.6. The van der Waals surface area contributed by atoms with Gasteiger partial charge >= 0.3 is 0 Å². The van der Waals surface area contributed by atoms with E-state index in [9.17, 15) is 9.18 Å². The second kappa shape index (κ2) is 5.06. The number of benzene rings is 1. The predicted octanol–water partition coefficient (Wildman–Crippen LogP) is 2.31. The van der Waals surface area contributed by atoms with Crippen LogP contribution in [0.3, 0.4) is 0 Å². The Labute approximate surface area is 102 Å². The third kappa shape index (κ3) is 2.68. The fraction of sp³-hybridized carbons (Fsp3) is 0.417. The minimum Gasteiger partial charge on any atom is -0.316 e. The second-order valence-electron chi connectivity index (χ2n) is 4.06. The predicted molar refractivity (Wildman–Crippen MR) is 63.8 cm³/mol. The lowest BCUT2D eigenvalue weighted by atomic mass is 9.91. The van der Waals surface area contributed by atoms with Crippen molar-refractivity contribution >= 4 is 21.7 Å². The SMILES string of the molecule is O=C1CCNCC1Cc1cc(Br)ccc1F. The summed E-state index contributed by atoms with van der Waals surface area (Å²) in [5.41, 5.74) is 0.608. The van der Waals surface area contributed by atoms with Gasteiger partial charge in [-0.15, -0.1) is 0 Å². The molecule has 0 aromatic heterocycles. The van der Waals surface area contributed by atoms with Crippen LogP contribution in [-0.4, -0.2) is 18.9 Å². The first-order chi connectivity index (χ1) is 7.66. The van der Waals surface area contributed by atoms with E-state index in [1.54, 1.807) is 12.1 Å². The minimum atomic E-state index is -0.235. The zero-order chi connectivity index (χ0) is 11.5. The van der Waals surface area contributed by atoms with Crippen LogP contribution in [0.1, 0.15) is 12.0 Å². The number of Topliss-reactive ketones (excluding diaryl/α,β-unsaturated/α-hetero) is 1. The van der Waals surface area contributed by atoms with Crippen molar-refractivity contribution in [2.75, 3.05) is 13.1 Å². The van der Waals surface area contributed by atoms with Crippen molar-refractivity contribution in [3.63, 3.8) is 0 Å². The maximum Gasteiger partial charge on any atom is 0.138 e. The summed E-state index contributed by atoms with van der Waals surface area (Å²) in [6.45, 7) is 1.40. The molecule has 1 fully saturated rings. The number of carbonyl (C=O) groups is 1. The van der Waals surface area contributed by atoms with Crippen molar-refractivity contribution in [1.29, 1.82) is 0 Å². The third-order valence-electron chi connectivity index (χ3n) is 2.87. The number of carbonyl (C=O) groups excluding carboxylic acids is 1. The van der Waals surface area contributed by atoms with Crippen LogP contribution >= 0.6 is 15.9 Å². The number of hydrogen-bond donors (Lipinski definition) is 1. The lowest BCUT2D eigenvalue weighted by molar-refractivity contribution is -0.123. The highest BCUT2D eigenvalue weighted by Gasteiger charge is 2.23. The Bertz CT molecular complexity index is 408. The molecule has 0 bridgehead atoms. The molecule has 1 aromatic carbocycles. The Morgan fingerprint density at radius 1 is 1.50 bits per heavy atom. The molecular weight excluding hydrogens is 273 g/mol. The van der Waals surface area contributed by atoms with Crippen molar-refractivity contribution in [1.82, 2.24) is 5.32 Å². The summed E-state index contributed by atoms with van der Waals surface area (Å²) in [7, 11) is 0. The van der Waals surface area contributed by atoms with E-state index in [4.69, 9.17) is 0 Å². The molecule has 1 saturated heterocycles. The third-order valence-corrected chi connectivity index (χ3v) is 3.36. The lowest BCUT2D eigenvalue weighted by Crippen LogP contribution is -2.38. The van der Waals surface area contributed by atoms with Crippen LogP contribution < -0.4 is 5.32 Å². The molecule has 0 amide bonds. The molecule has 86 valence electrons. The average Bonchev–Trinajstić information content (AvgIpc) is 2.27. The molecule has 4 heteroatoms. The molecule has 1 N–H and O–H groups in total. The first-order valence-electron chi connectivity index (χ1n) is 5.34. The highest BCUT2D eigenvalue weighted by Crippen LogP contribution is 2.20. The van der Waals surface area contributed by atoms with Gasteiger partial charge in [0.05, 0.1) is 0 Å². The Morgan fingerprint density at radius 2 is 2.31 bits per heavy atom. The Balaban J connectivity index is 2.13.